The van der Waals surface area contributed by atoms with Crippen LogP contribution < -0.4 is 10.5 Å². The number of hydrogen-bond acceptors (Lipinski definition) is 5. The molecule has 6 heteroatoms. The van der Waals surface area contributed by atoms with Crippen LogP contribution in [0, 0.1) is 0 Å². The number of aliphatic hydroxyl groups is 1. The molecule has 5 nitrogen and oxygen atoms in total. The van der Waals surface area contributed by atoms with E-state index < -0.39 is 6.10 Å². The topological polar surface area (TPSA) is 68.0 Å². The smallest absolute Gasteiger partial charge is 0.119 e. The van der Waals surface area contributed by atoms with Gasteiger partial charge in [-0.25, -0.2) is 0 Å². The molecule has 0 bridgehead atoms. The molecule has 116 valence electrons. The molecule has 1 aromatic rings. The number of ether oxygens (including phenoxy) is 2. The van der Waals surface area contributed by atoms with Crippen molar-refractivity contribution in [1.82, 2.24) is 4.90 Å². The molecule has 1 unspecified atom stereocenters. The molecule has 1 aliphatic heterocycles. The second-order valence-corrected chi connectivity index (χ2v) is 5.56. The number of hydrogen-bond donors (Lipinski definition) is 2. The molecule has 0 aromatic heterocycles. The van der Waals surface area contributed by atoms with E-state index in [1.54, 1.807) is 12.1 Å². The molecule has 2 rings (SSSR count). The Kier molecular flexibility index (Phi) is 6.38. The van der Waals surface area contributed by atoms with Gasteiger partial charge in [-0.3, -0.25) is 4.90 Å². The van der Waals surface area contributed by atoms with Crippen LogP contribution in [-0.4, -0.2) is 60.6 Å². The standard InChI is InChI=1S/C15H22N2O3S/c16-15(21)12-2-4-14(5-3-12)20-11-13(18)10-17-6-1-8-19-9-7-17/h2-5,13,18H,1,6-11H2,(H2,16,21). The third-order valence-corrected chi connectivity index (χ3v) is 3.60. The molecule has 1 aromatic carbocycles. The first kappa shape index (κ1) is 16.2. The van der Waals surface area contributed by atoms with Crippen LogP contribution >= 0.6 is 12.2 Å². The maximum Gasteiger partial charge on any atom is 0.119 e. The Bertz CT molecular complexity index is 445. The lowest BCUT2D eigenvalue weighted by atomic mass is 10.2. The highest BCUT2D eigenvalue weighted by Gasteiger charge is 2.14. The summed E-state index contributed by atoms with van der Waals surface area (Å²) >= 11 is 4.89. The zero-order valence-electron chi connectivity index (χ0n) is 12.0. The molecule has 1 fully saturated rings. The summed E-state index contributed by atoms with van der Waals surface area (Å²) in [5, 5.41) is 10.0. The van der Waals surface area contributed by atoms with Gasteiger partial charge in [0.1, 0.15) is 23.4 Å². The Morgan fingerprint density at radius 2 is 2.10 bits per heavy atom. The highest BCUT2D eigenvalue weighted by molar-refractivity contribution is 7.80. The maximum atomic E-state index is 10.0. The number of rotatable bonds is 6. The minimum Gasteiger partial charge on any atom is -0.491 e. The van der Waals surface area contributed by atoms with Gasteiger partial charge >= 0.3 is 0 Å². The summed E-state index contributed by atoms with van der Waals surface area (Å²) < 4.78 is 11.0. The molecule has 0 saturated carbocycles. The Morgan fingerprint density at radius 3 is 2.81 bits per heavy atom. The number of aliphatic hydroxyl groups excluding tert-OH is 1. The first-order chi connectivity index (χ1) is 10.1. The Hall–Kier alpha value is -1.21. The summed E-state index contributed by atoms with van der Waals surface area (Å²) in [6.07, 6.45) is 0.493. The first-order valence-electron chi connectivity index (χ1n) is 7.16. The van der Waals surface area contributed by atoms with Gasteiger partial charge in [0.2, 0.25) is 0 Å². The van der Waals surface area contributed by atoms with E-state index in [2.05, 4.69) is 4.90 Å². The molecule has 1 aliphatic rings. The average Bonchev–Trinajstić information content (AvgIpc) is 2.74. The predicted octanol–water partition coefficient (Wildman–Crippen LogP) is 0.783. The van der Waals surface area contributed by atoms with Crippen molar-refractivity contribution in [2.75, 3.05) is 39.5 Å². The lowest BCUT2D eigenvalue weighted by molar-refractivity contribution is 0.0658. The van der Waals surface area contributed by atoms with Crippen molar-refractivity contribution in [2.45, 2.75) is 12.5 Å². The maximum absolute atomic E-state index is 10.0. The largest absolute Gasteiger partial charge is 0.491 e. The van der Waals surface area contributed by atoms with Crippen LogP contribution in [0.2, 0.25) is 0 Å². The van der Waals surface area contributed by atoms with Crippen molar-refractivity contribution in [1.29, 1.82) is 0 Å². The summed E-state index contributed by atoms with van der Waals surface area (Å²) in [4.78, 5) is 2.57. The van der Waals surface area contributed by atoms with E-state index in [4.69, 9.17) is 27.4 Å². The molecule has 0 spiro atoms. The molecule has 1 heterocycles. The van der Waals surface area contributed by atoms with Gasteiger partial charge in [0.15, 0.2) is 0 Å². The molecule has 0 radical (unpaired) electrons. The fraction of sp³-hybridized carbons (Fsp3) is 0.533. The van der Waals surface area contributed by atoms with Gasteiger partial charge < -0.3 is 20.3 Å². The van der Waals surface area contributed by atoms with E-state index in [1.807, 2.05) is 12.1 Å². The fourth-order valence-electron chi connectivity index (χ4n) is 2.24. The molecule has 21 heavy (non-hydrogen) atoms. The molecular weight excluding hydrogens is 288 g/mol. The number of β-amino-alcohol motifs (C(OH)–C–C–N with tert-alkyl or cyclic N) is 1. The predicted molar refractivity (Wildman–Crippen MR) is 85.7 cm³/mol. The number of nitrogens with two attached hydrogens (primary N) is 1. The Balaban J connectivity index is 1.75. The van der Waals surface area contributed by atoms with Gasteiger partial charge in [0.25, 0.3) is 0 Å². The normalized spacial score (nSPS) is 18.0. The second kappa shape index (κ2) is 8.29. The highest BCUT2D eigenvalue weighted by atomic mass is 32.1. The van der Waals surface area contributed by atoms with Crippen LogP contribution in [0.5, 0.6) is 5.75 Å². The Morgan fingerprint density at radius 1 is 1.33 bits per heavy atom. The summed E-state index contributed by atoms with van der Waals surface area (Å²) in [7, 11) is 0. The summed E-state index contributed by atoms with van der Waals surface area (Å²) in [5.74, 6) is 0.702. The minimum absolute atomic E-state index is 0.268. The lowest BCUT2D eigenvalue weighted by Crippen LogP contribution is -2.37. The van der Waals surface area contributed by atoms with E-state index in [0.29, 0.717) is 17.3 Å². The van der Waals surface area contributed by atoms with E-state index in [9.17, 15) is 5.11 Å². The Labute approximate surface area is 130 Å². The van der Waals surface area contributed by atoms with Gasteiger partial charge in [0.05, 0.1) is 6.61 Å². The van der Waals surface area contributed by atoms with Gasteiger partial charge in [-0.05, 0) is 30.7 Å². The van der Waals surface area contributed by atoms with Gasteiger partial charge in [-0.2, -0.15) is 0 Å². The summed E-state index contributed by atoms with van der Waals surface area (Å²) in [6, 6.07) is 7.24. The third-order valence-electron chi connectivity index (χ3n) is 3.37. The SMILES string of the molecule is NC(=S)c1ccc(OCC(O)CN2CCCOCC2)cc1. The van der Waals surface area contributed by atoms with Crippen molar-refractivity contribution in [2.24, 2.45) is 5.73 Å². The monoisotopic (exact) mass is 310 g/mol. The highest BCUT2D eigenvalue weighted by Crippen LogP contribution is 2.12. The zero-order valence-corrected chi connectivity index (χ0v) is 12.8. The van der Waals surface area contributed by atoms with Crippen LogP contribution in [0.1, 0.15) is 12.0 Å². The fourth-order valence-corrected chi connectivity index (χ4v) is 2.37. The molecule has 0 aliphatic carbocycles. The van der Waals surface area contributed by atoms with E-state index in [0.717, 1.165) is 38.3 Å². The molecule has 1 atom stereocenters. The van der Waals surface area contributed by atoms with Gasteiger partial charge in [-0.15, -0.1) is 0 Å². The zero-order chi connectivity index (χ0) is 15.1. The quantitative estimate of drug-likeness (QED) is 0.757. The van der Waals surface area contributed by atoms with Crippen LogP contribution in [0.25, 0.3) is 0 Å². The van der Waals surface area contributed by atoms with E-state index in [1.165, 1.54) is 0 Å². The van der Waals surface area contributed by atoms with Crippen molar-refractivity contribution < 1.29 is 14.6 Å². The van der Waals surface area contributed by atoms with Crippen molar-refractivity contribution in [3.05, 3.63) is 29.8 Å². The van der Waals surface area contributed by atoms with Crippen LogP contribution in [0.15, 0.2) is 24.3 Å². The first-order valence-corrected chi connectivity index (χ1v) is 7.57. The van der Waals surface area contributed by atoms with E-state index in [-0.39, 0.29) is 6.61 Å². The summed E-state index contributed by atoms with van der Waals surface area (Å²) in [5.41, 5.74) is 6.35. The van der Waals surface area contributed by atoms with Crippen molar-refractivity contribution >= 4 is 17.2 Å². The van der Waals surface area contributed by atoms with Crippen molar-refractivity contribution in [3.8, 4) is 5.75 Å². The third kappa shape index (κ3) is 5.59. The second-order valence-electron chi connectivity index (χ2n) is 5.12. The molecule has 3 N–H and O–H groups in total. The molecular formula is C15H22N2O3S. The van der Waals surface area contributed by atoms with Crippen LogP contribution in [0.3, 0.4) is 0 Å². The number of benzene rings is 1. The van der Waals surface area contributed by atoms with Crippen molar-refractivity contribution in [3.63, 3.8) is 0 Å². The van der Waals surface area contributed by atoms with Gasteiger partial charge in [-0.1, -0.05) is 12.2 Å². The average molecular weight is 310 g/mol. The number of thiocarbonyl (C=S) groups is 1. The minimum atomic E-state index is -0.515. The van der Waals surface area contributed by atoms with Crippen LogP contribution in [-0.2, 0) is 4.74 Å². The van der Waals surface area contributed by atoms with Crippen LogP contribution in [0.4, 0.5) is 0 Å². The lowest BCUT2D eigenvalue weighted by Gasteiger charge is -2.22. The summed E-state index contributed by atoms with van der Waals surface area (Å²) in [6.45, 7) is 4.23. The molecule has 1 saturated heterocycles. The van der Waals surface area contributed by atoms with E-state index >= 15 is 0 Å². The molecule has 0 amide bonds. The number of nitrogens with zero attached hydrogens (tertiary/aromatic N) is 1. The van der Waals surface area contributed by atoms with Gasteiger partial charge in [0, 0.05) is 31.8 Å².